The number of likely N-dealkylation sites (N-methyl/N-ethyl adjacent to an activating group) is 1. The zero-order chi connectivity index (χ0) is 43.3. The Hall–Kier alpha value is -4.76. The number of aromatic hydroxyl groups is 1. The van der Waals surface area contributed by atoms with E-state index in [1.54, 1.807) is 42.6 Å². The van der Waals surface area contributed by atoms with Crippen LogP contribution in [0, 0.1) is 20.8 Å². The summed E-state index contributed by atoms with van der Waals surface area (Å²) in [7, 11) is -2.67. The van der Waals surface area contributed by atoms with Crippen molar-refractivity contribution in [2.75, 3.05) is 25.5 Å². The van der Waals surface area contributed by atoms with Crippen LogP contribution in [0.4, 0.5) is 5.13 Å². The van der Waals surface area contributed by atoms with E-state index in [2.05, 4.69) is 59.7 Å². The highest BCUT2D eigenvalue weighted by Crippen LogP contribution is 2.37. The molecule has 0 aliphatic carbocycles. The third-order valence-corrected chi connectivity index (χ3v) is 12.2. The molecule has 5 N–H and O–H groups in total. The molecule has 0 radical (unpaired) electrons. The number of nitrogens with one attached hydrogen (secondary N) is 3. The first-order valence-corrected chi connectivity index (χ1v) is 21.5. The van der Waals surface area contributed by atoms with Gasteiger partial charge in [-0.25, -0.2) is 13.4 Å². The Morgan fingerprint density at radius 3 is 2.26 bits per heavy atom. The monoisotopic (exact) mass is 850 g/mol. The summed E-state index contributed by atoms with van der Waals surface area (Å²) in [5, 5.41) is 30.8. The van der Waals surface area contributed by atoms with E-state index in [9.17, 15) is 28.2 Å². The van der Waals surface area contributed by atoms with Crippen LogP contribution in [-0.4, -0.2) is 77.2 Å². The molecule has 4 aromatic rings. The second-order valence-electron chi connectivity index (χ2n) is 16.3. The maximum absolute atomic E-state index is 12.5. The average molecular weight is 852 g/mol. The summed E-state index contributed by atoms with van der Waals surface area (Å²) in [6.07, 6.45) is 2.38. The topological polar surface area (TPSA) is 173 Å². The lowest BCUT2D eigenvalue weighted by Crippen LogP contribution is -2.46. The Kier molecular flexibility index (Phi) is 14.6. The first kappa shape index (κ1) is 45.9. The van der Waals surface area contributed by atoms with Gasteiger partial charge in [-0.2, -0.15) is 0 Å². The minimum atomic E-state index is -3.90. The van der Waals surface area contributed by atoms with Gasteiger partial charge in [0.15, 0.2) is 22.4 Å². The summed E-state index contributed by atoms with van der Waals surface area (Å²) < 4.78 is 25.8. The summed E-state index contributed by atoms with van der Waals surface area (Å²) in [6, 6.07) is 14.9. The lowest BCUT2D eigenvalue weighted by molar-refractivity contribution is -0.113. The number of sulfonamides is 1. The van der Waals surface area contributed by atoms with E-state index in [0.717, 1.165) is 45.7 Å². The number of halogens is 1. The van der Waals surface area contributed by atoms with Gasteiger partial charge in [0.05, 0.1) is 17.5 Å². The first-order valence-electron chi connectivity index (χ1n) is 18.8. The zero-order valence-electron chi connectivity index (χ0n) is 35.0. The number of benzene rings is 3. The molecule has 0 saturated heterocycles. The number of aliphatic hydroxyl groups excluding tert-OH is 1. The van der Waals surface area contributed by atoms with Crippen molar-refractivity contribution >= 4 is 61.4 Å². The number of ketones is 1. The van der Waals surface area contributed by atoms with Crippen LogP contribution >= 0.6 is 22.9 Å². The van der Waals surface area contributed by atoms with E-state index in [1.807, 2.05) is 41.5 Å². The molecule has 3 heterocycles. The molecule has 6 rings (SSSR count). The zero-order valence-corrected chi connectivity index (χ0v) is 37.4. The smallest absolute Gasteiger partial charge is 0.278 e. The number of aromatic nitrogens is 1. The van der Waals surface area contributed by atoms with Crippen LogP contribution < -0.4 is 16.0 Å². The Balaban J connectivity index is 0.000000196. The van der Waals surface area contributed by atoms with Crippen molar-refractivity contribution in [3.05, 3.63) is 110 Å². The number of nitrogens with zero attached hydrogens (tertiary/aromatic N) is 3. The Morgan fingerprint density at radius 2 is 1.69 bits per heavy atom. The normalized spacial score (nSPS) is 15.2. The van der Waals surface area contributed by atoms with Crippen molar-refractivity contribution in [2.45, 2.75) is 97.5 Å². The van der Waals surface area contributed by atoms with Gasteiger partial charge in [-0.05, 0) is 100 Å². The number of aliphatic hydroxyl groups is 1. The number of aryl methyl sites for hydroxylation is 2. The van der Waals surface area contributed by atoms with Crippen LogP contribution in [0.15, 0.2) is 76.4 Å². The number of phenolic OH excluding ortho intramolecular Hbond substituents is 1. The number of hydrogen-bond donors (Lipinski definition) is 5. The third-order valence-electron chi connectivity index (χ3n) is 9.32. The molecule has 1 amide bonds. The number of amidine groups is 1. The summed E-state index contributed by atoms with van der Waals surface area (Å²) >= 11 is 7.11. The number of anilines is 1. The maximum Gasteiger partial charge on any atom is 0.278 e. The van der Waals surface area contributed by atoms with Gasteiger partial charge in [0.25, 0.3) is 15.9 Å². The van der Waals surface area contributed by atoms with Gasteiger partial charge in [0.2, 0.25) is 0 Å². The quantitative estimate of drug-likeness (QED) is 0.115. The number of fused-ring (bicyclic) bond motifs is 1. The molecule has 1 unspecified atom stereocenters. The van der Waals surface area contributed by atoms with Crippen LogP contribution in [0.25, 0.3) is 5.76 Å². The Morgan fingerprint density at radius 1 is 1.02 bits per heavy atom. The highest BCUT2D eigenvalue weighted by molar-refractivity contribution is 7.89. The van der Waals surface area contributed by atoms with Crippen LogP contribution in [0.1, 0.15) is 91.5 Å². The van der Waals surface area contributed by atoms with E-state index >= 15 is 0 Å². The van der Waals surface area contributed by atoms with Gasteiger partial charge >= 0.3 is 0 Å². The molecule has 2 aliphatic rings. The van der Waals surface area contributed by atoms with Gasteiger partial charge in [-0.1, -0.05) is 62.7 Å². The molecule has 3 aromatic carbocycles. The molecule has 1 aromatic heterocycles. The Labute approximate surface area is 351 Å². The van der Waals surface area contributed by atoms with Gasteiger partial charge < -0.3 is 20.8 Å². The molecular formula is C43H55ClN6O6S2. The van der Waals surface area contributed by atoms with E-state index in [1.165, 1.54) is 41.6 Å². The fourth-order valence-electron chi connectivity index (χ4n) is 6.45. The molecule has 0 fully saturated rings. The standard InChI is InChI=1S/C16H24N2O.C14H13N3O4S2.C13H18ClNO/c1-10-8-13(16(3,4)5)15(19)11(2)12(10)9-14-17-6-7-18-14;1-8-7-15-14(22-8)16-13(19)11-12(18)9-5-3-4-6-10(9)23(20,21)17(11)2;1-9(15-13(2,3)4)12(16)10-6-5-7-11(14)8-10/h8,19H,6-7,9H2,1-5H3,(H,17,18);3-7,18H,1-2H3,(H,15,16,19);5-9,15H,1-4H3. The predicted molar refractivity (Wildman–Crippen MR) is 235 cm³/mol. The van der Waals surface area contributed by atoms with Crippen molar-refractivity contribution in [1.29, 1.82) is 0 Å². The number of carbonyl (C=O) groups is 2. The highest BCUT2D eigenvalue weighted by atomic mass is 35.5. The molecule has 2 aliphatic heterocycles. The number of Topliss-reactive ketones (excluding diaryl/α,β-unsaturated/α-hetero) is 1. The lowest BCUT2D eigenvalue weighted by atomic mass is 9.82. The summed E-state index contributed by atoms with van der Waals surface area (Å²) in [4.78, 5) is 33.8. The third kappa shape index (κ3) is 11.2. The van der Waals surface area contributed by atoms with Gasteiger partial charge in [-0.3, -0.25) is 24.2 Å². The van der Waals surface area contributed by atoms with E-state index < -0.39 is 15.9 Å². The van der Waals surface area contributed by atoms with Crippen LogP contribution in [-0.2, 0) is 26.7 Å². The average Bonchev–Trinajstić information content (AvgIpc) is 3.81. The van der Waals surface area contributed by atoms with Gasteiger partial charge in [0.1, 0.15) is 11.6 Å². The second kappa shape index (κ2) is 18.4. The second-order valence-corrected chi connectivity index (χ2v) is 19.9. The minimum Gasteiger partial charge on any atom is -0.507 e. The van der Waals surface area contributed by atoms with Crippen molar-refractivity contribution in [2.24, 2.45) is 4.99 Å². The predicted octanol–water partition coefficient (Wildman–Crippen LogP) is 8.10. The number of hydrogen-bond acceptors (Lipinski definition) is 11. The number of aliphatic imine (C=N–C) groups is 1. The van der Waals surface area contributed by atoms with Gasteiger partial charge in [0, 0.05) is 52.8 Å². The van der Waals surface area contributed by atoms with Crippen molar-refractivity contribution < 1.29 is 28.2 Å². The molecule has 12 nitrogen and oxygen atoms in total. The van der Waals surface area contributed by atoms with E-state index in [-0.39, 0.29) is 44.7 Å². The molecule has 1 atom stereocenters. The number of thiazole rings is 1. The largest absolute Gasteiger partial charge is 0.507 e. The van der Waals surface area contributed by atoms with Gasteiger partial charge in [-0.15, -0.1) is 11.3 Å². The van der Waals surface area contributed by atoms with E-state index in [4.69, 9.17) is 11.6 Å². The van der Waals surface area contributed by atoms with Crippen molar-refractivity contribution in [3.63, 3.8) is 0 Å². The van der Waals surface area contributed by atoms with Crippen molar-refractivity contribution in [3.8, 4) is 5.75 Å². The summed E-state index contributed by atoms with van der Waals surface area (Å²) in [6.45, 7) is 22.1. The van der Waals surface area contributed by atoms with Crippen LogP contribution in [0.5, 0.6) is 5.75 Å². The molecule has 0 spiro atoms. The number of carbonyl (C=O) groups excluding carboxylic acids is 2. The Bertz CT molecular complexity index is 2340. The highest BCUT2D eigenvalue weighted by Gasteiger charge is 2.38. The minimum absolute atomic E-state index is 0.0401. The SMILES string of the molecule is CC(NC(C)(C)C)C(=O)c1cccc(Cl)c1.Cc1cc(C(C)(C)C)c(O)c(C)c1CC1=NCCN1.Cc1cnc(NC(=O)C2=C(O)c3ccccc3S(=O)(=O)N2C)s1. The molecule has 15 heteroatoms. The summed E-state index contributed by atoms with van der Waals surface area (Å²) in [5.74, 6) is 0.416. The maximum atomic E-state index is 12.5. The van der Waals surface area contributed by atoms with E-state index in [0.29, 0.717) is 21.5 Å². The fraction of sp³-hybridized carbons (Fsp3) is 0.395. The number of phenols is 1. The summed E-state index contributed by atoms with van der Waals surface area (Å²) in [5.41, 5.74) is 4.73. The first-order chi connectivity index (χ1) is 26.9. The molecule has 0 bridgehead atoms. The fourth-order valence-corrected chi connectivity index (χ4v) is 8.69. The van der Waals surface area contributed by atoms with Crippen LogP contribution in [0.2, 0.25) is 5.02 Å². The molecule has 0 saturated carbocycles. The number of amides is 1. The molecule has 312 valence electrons. The molecule has 58 heavy (non-hydrogen) atoms. The van der Waals surface area contributed by atoms with Crippen LogP contribution in [0.3, 0.4) is 0 Å². The molecular weight excluding hydrogens is 796 g/mol. The number of rotatable bonds is 7. The lowest BCUT2D eigenvalue weighted by Gasteiger charge is -2.28. The van der Waals surface area contributed by atoms with Crippen molar-refractivity contribution in [1.82, 2.24) is 19.9 Å².